The molecule has 0 unspecified atom stereocenters. The standard InChI is InChI=1S/C15H15BrN2O2S2/c1-18(2)13-8-4-3-6-12(13)7-5-11-17-22(19,20)15-10-9-14(16)21-15/h3-4,6,8-10,17H,11H2,1-2H3. The van der Waals surface area contributed by atoms with Crippen LogP contribution in [0.1, 0.15) is 5.56 Å². The minimum atomic E-state index is -3.49. The first-order valence-electron chi connectivity index (χ1n) is 6.40. The zero-order valence-corrected chi connectivity index (χ0v) is 15.3. The van der Waals surface area contributed by atoms with Crippen molar-refractivity contribution < 1.29 is 8.42 Å². The van der Waals surface area contributed by atoms with Crippen molar-refractivity contribution in [3.05, 3.63) is 45.7 Å². The number of para-hydroxylation sites is 1. The lowest BCUT2D eigenvalue weighted by Crippen LogP contribution is -2.23. The van der Waals surface area contributed by atoms with Gasteiger partial charge in [0.15, 0.2) is 0 Å². The van der Waals surface area contributed by atoms with E-state index < -0.39 is 10.0 Å². The van der Waals surface area contributed by atoms with Gasteiger partial charge in [-0.15, -0.1) is 11.3 Å². The van der Waals surface area contributed by atoms with Gasteiger partial charge in [-0.05, 0) is 40.2 Å². The highest BCUT2D eigenvalue weighted by Crippen LogP contribution is 2.25. The number of sulfonamides is 1. The van der Waals surface area contributed by atoms with E-state index in [-0.39, 0.29) is 10.8 Å². The molecule has 0 saturated carbocycles. The van der Waals surface area contributed by atoms with Gasteiger partial charge < -0.3 is 4.90 Å². The molecule has 0 fully saturated rings. The van der Waals surface area contributed by atoms with Crippen molar-refractivity contribution in [2.24, 2.45) is 0 Å². The first-order valence-corrected chi connectivity index (χ1v) is 9.49. The Morgan fingerprint density at radius 1 is 1.23 bits per heavy atom. The van der Waals surface area contributed by atoms with Crippen LogP contribution in [0.3, 0.4) is 0 Å². The third-order valence-electron chi connectivity index (χ3n) is 2.77. The zero-order valence-electron chi connectivity index (χ0n) is 12.1. The highest BCUT2D eigenvalue weighted by molar-refractivity contribution is 9.11. The Labute approximate surface area is 143 Å². The molecule has 4 nitrogen and oxygen atoms in total. The molecule has 2 aromatic rings. The summed E-state index contributed by atoms with van der Waals surface area (Å²) in [6.07, 6.45) is 0. The average Bonchev–Trinajstić information content (AvgIpc) is 2.91. The molecule has 0 aliphatic carbocycles. The molecule has 1 aromatic carbocycles. The lowest BCUT2D eigenvalue weighted by molar-refractivity contribution is 0.588. The Hall–Kier alpha value is -1.33. The summed E-state index contributed by atoms with van der Waals surface area (Å²) in [5, 5.41) is 0. The molecule has 1 N–H and O–H groups in total. The summed E-state index contributed by atoms with van der Waals surface area (Å²) in [5.74, 6) is 5.85. The predicted octanol–water partition coefficient (Wildman–Crippen LogP) is 2.91. The highest BCUT2D eigenvalue weighted by atomic mass is 79.9. The fourth-order valence-electron chi connectivity index (χ4n) is 1.75. The van der Waals surface area contributed by atoms with E-state index in [4.69, 9.17) is 0 Å². The van der Waals surface area contributed by atoms with Crippen LogP contribution in [-0.2, 0) is 10.0 Å². The van der Waals surface area contributed by atoms with Gasteiger partial charge in [0.1, 0.15) is 4.21 Å². The van der Waals surface area contributed by atoms with Gasteiger partial charge in [0, 0.05) is 19.7 Å². The van der Waals surface area contributed by atoms with Crippen LogP contribution in [0.25, 0.3) is 0 Å². The van der Waals surface area contributed by atoms with Crippen LogP contribution >= 0.6 is 27.3 Å². The predicted molar refractivity (Wildman–Crippen MR) is 94.9 cm³/mol. The van der Waals surface area contributed by atoms with Crippen molar-refractivity contribution in [2.45, 2.75) is 4.21 Å². The van der Waals surface area contributed by atoms with Crippen LogP contribution in [0.2, 0.25) is 0 Å². The summed E-state index contributed by atoms with van der Waals surface area (Å²) in [6.45, 7) is 0.0691. The van der Waals surface area contributed by atoms with E-state index >= 15 is 0 Å². The summed E-state index contributed by atoms with van der Waals surface area (Å²) < 4.78 is 27.6. The van der Waals surface area contributed by atoms with Crippen molar-refractivity contribution in [1.82, 2.24) is 4.72 Å². The van der Waals surface area contributed by atoms with Crippen LogP contribution in [-0.4, -0.2) is 29.1 Å². The monoisotopic (exact) mass is 398 g/mol. The highest BCUT2D eigenvalue weighted by Gasteiger charge is 2.14. The second-order valence-electron chi connectivity index (χ2n) is 4.60. The van der Waals surface area contributed by atoms with Gasteiger partial charge >= 0.3 is 0 Å². The summed E-state index contributed by atoms with van der Waals surface area (Å²) in [6, 6.07) is 11.0. The van der Waals surface area contributed by atoms with Gasteiger partial charge in [0.05, 0.1) is 16.0 Å². The quantitative estimate of drug-likeness (QED) is 0.805. The number of halogens is 1. The smallest absolute Gasteiger partial charge is 0.250 e. The molecule has 0 amide bonds. The first kappa shape index (κ1) is 17.0. The van der Waals surface area contributed by atoms with E-state index in [0.717, 1.165) is 15.0 Å². The lowest BCUT2D eigenvalue weighted by Gasteiger charge is -2.13. The van der Waals surface area contributed by atoms with Gasteiger partial charge in [-0.1, -0.05) is 24.0 Å². The molecule has 1 aromatic heterocycles. The summed E-state index contributed by atoms with van der Waals surface area (Å²) >= 11 is 4.42. The zero-order chi connectivity index (χ0) is 16.2. The first-order chi connectivity index (χ1) is 10.4. The summed E-state index contributed by atoms with van der Waals surface area (Å²) in [7, 11) is 0.390. The van der Waals surface area contributed by atoms with E-state index in [9.17, 15) is 8.42 Å². The van der Waals surface area contributed by atoms with Crippen LogP contribution in [0.4, 0.5) is 5.69 Å². The van der Waals surface area contributed by atoms with Crippen molar-refractivity contribution in [2.75, 3.05) is 25.5 Å². The van der Waals surface area contributed by atoms with Gasteiger partial charge in [-0.2, -0.15) is 4.72 Å². The summed E-state index contributed by atoms with van der Waals surface area (Å²) in [5.41, 5.74) is 1.87. The maximum atomic E-state index is 12.0. The molecule has 0 saturated heterocycles. The number of nitrogens with one attached hydrogen (secondary N) is 1. The van der Waals surface area contributed by atoms with E-state index in [2.05, 4.69) is 32.5 Å². The molecule has 1 heterocycles. The molecule has 0 aliphatic rings. The third kappa shape index (κ3) is 4.34. The normalized spacial score (nSPS) is 10.9. The van der Waals surface area contributed by atoms with Crippen LogP contribution in [0.5, 0.6) is 0 Å². The Balaban J connectivity index is 2.06. The molecule has 116 valence electrons. The minimum Gasteiger partial charge on any atom is -0.377 e. The fraction of sp³-hybridized carbons (Fsp3) is 0.200. The van der Waals surface area contributed by atoms with Crippen molar-refractivity contribution in [3.8, 4) is 11.8 Å². The van der Waals surface area contributed by atoms with E-state index in [1.165, 1.54) is 11.3 Å². The number of anilines is 1. The molecule has 0 atom stereocenters. The SMILES string of the molecule is CN(C)c1ccccc1C#CCNS(=O)(=O)c1ccc(Br)s1. The third-order valence-corrected chi connectivity index (χ3v) is 6.29. The lowest BCUT2D eigenvalue weighted by atomic mass is 10.1. The molecule has 22 heavy (non-hydrogen) atoms. The molecular weight excluding hydrogens is 384 g/mol. The van der Waals surface area contributed by atoms with Gasteiger partial charge in [-0.3, -0.25) is 0 Å². The number of nitrogens with zero attached hydrogens (tertiary/aromatic N) is 1. The molecule has 0 aliphatic heterocycles. The van der Waals surface area contributed by atoms with Crippen molar-refractivity contribution >= 4 is 43.0 Å². The van der Waals surface area contributed by atoms with E-state index in [1.807, 2.05) is 43.3 Å². The second-order valence-corrected chi connectivity index (χ2v) is 9.05. The number of hydrogen-bond donors (Lipinski definition) is 1. The van der Waals surface area contributed by atoms with Gasteiger partial charge in [0.2, 0.25) is 0 Å². The number of benzene rings is 1. The fourth-order valence-corrected chi connectivity index (χ4v) is 4.73. The molecular formula is C15H15BrN2O2S2. The average molecular weight is 399 g/mol. The molecule has 0 radical (unpaired) electrons. The minimum absolute atomic E-state index is 0.0691. The Morgan fingerprint density at radius 3 is 2.59 bits per heavy atom. The second kappa shape index (κ2) is 7.29. The van der Waals surface area contributed by atoms with Gasteiger partial charge in [0.25, 0.3) is 10.0 Å². The number of thiophene rings is 1. The van der Waals surface area contributed by atoms with Crippen LogP contribution in [0, 0.1) is 11.8 Å². The Morgan fingerprint density at radius 2 is 1.95 bits per heavy atom. The molecule has 7 heteroatoms. The van der Waals surface area contributed by atoms with Crippen molar-refractivity contribution in [1.29, 1.82) is 0 Å². The number of rotatable bonds is 4. The topological polar surface area (TPSA) is 49.4 Å². The molecule has 0 bridgehead atoms. The number of hydrogen-bond acceptors (Lipinski definition) is 4. The Kier molecular flexibility index (Phi) is 5.64. The molecule has 2 rings (SSSR count). The van der Waals surface area contributed by atoms with E-state index in [1.54, 1.807) is 12.1 Å². The van der Waals surface area contributed by atoms with Gasteiger partial charge in [-0.25, -0.2) is 8.42 Å². The molecule has 0 spiro atoms. The Bertz CT molecular complexity index is 817. The maximum Gasteiger partial charge on any atom is 0.250 e. The van der Waals surface area contributed by atoms with Crippen LogP contribution in [0.15, 0.2) is 44.4 Å². The summed E-state index contributed by atoms with van der Waals surface area (Å²) in [4.78, 5) is 1.97. The van der Waals surface area contributed by atoms with Crippen molar-refractivity contribution in [3.63, 3.8) is 0 Å². The van der Waals surface area contributed by atoms with E-state index in [0.29, 0.717) is 0 Å². The largest absolute Gasteiger partial charge is 0.377 e. The maximum absolute atomic E-state index is 12.0. The van der Waals surface area contributed by atoms with Crippen LogP contribution < -0.4 is 9.62 Å².